The lowest BCUT2D eigenvalue weighted by molar-refractivity contribution is 0.271. The van der Waals surface area contributed by atoms with Crippen LogP contribution in [0, 0.1) is 5.92 Å². The fraction of sp³-hybridized carbons (Fsp3) is 0.438. The average Bonchev–Trinajstić information content (AvgIpc) is 2.79. The van der Waals surface area contributed by atoms with Crippen molar-refractivity contribution >= 4 is 5.82 Å². The molecule has 0 radical (unpaired) electrons. The first-order valence-corrected chi connectivity index (χ1v) is 7.09. The zero-order chi connectivity index (χ0) is 14.5. The van der Waals surface area contributed by atoms with Gasteiger partial charge in [0.25, 0.3) is 0 Å². The van der Waals surface area contributed by atoms with Crippen molar-refractivity contribution in [2.45, 2.75) is 33.6 Å². The van der Waals surface area contributed by atoms with E-state index >= 15 is 0 Å². The molecule has 4 nitrogen and oxygen atoms in total. The minimum atomic E-state index is 0.448. The molecule has 4 heteroatoms. The lowest BCUT2D eigenvalue weighted by Crippen LogP contribution is -2.04. The number of nitrogens with two attached hydrogens (primary N) is 1. The molecule has 1 heterocycles. The number of aromatic nitrogens is 1. The van der Waals surface area contributed by atoms with Crippen molar-refractivity contribution in [2.24, 2.45) is 5.92 Å². The minimum absolute atomic E-state index is 0.448. The van der Waals surface area contributed by atoms with Crippen LogP contribution in [0.25, 0.3) is 11.1 Å². The maximum atomic E-state index is 5.90. The van der Waals surface area contributed by atoms with E-state index in [0.29, 0.717) is 11.7 Å². The Balaban J connectivity index is 2.19. The van der Waals surface area contributed by atoms with E-state index < -0.39 is 0 Å². The maximum Gasteiger partial charge on any atom is 0.175 e. The van der Waals surface area contributed by atoms with Crippen LogP contribution in [0.4, 0.5) is 5.82 Å². The van der Waals surface area contributed by atoms with E-state index in [1.165, 1.54) is 0 Å². The molecule has 0 amide bonds. The Bertz CT molecular complexity index is 544. The predicted molar refractivity (Wildman–Crippen MR) is 80.7 cm³/mol. The lowest BCUT2D eigenvalue weighted by atomic mass is 10.0. The highest BCUT2D eigenvalue weighted by Gasteiger charge is 2.15. The molecule has 0 saturated carbocycles. The topological polar surface area (TPSA) is 61.3 Å². The summed E-state index contributed by atoms with van der Waals surface area (Å²) in [4.78, 5) is 0. The SMILES string of the molecule is CCCc1onc(N)c1-c1ccc(OCC(C)C)cc1. The van der Waals surface area contributed by atoms with Crippen molar-refractivity contribution < 1.29 is 9.26 Å². The number of nitrogens with zero attached hydrogens (tertiary/aromatic N) is 1. The highest BCUT2D eigenvalue weighted by molar-refractivity contribution is 5.75. The Morgan fingerprint density at radius 3 is 2.55 bits per heavy atom. The van der Waals surface area contributed by atoms with Gasteiger partial charge in [0.05, 0.1) is 12.2 Å². The molecule has 0 bridgehead atoms. The molecule has 0 spiro atoms. The first kappa shape index (κ1) is 14.4. The Kier molecular flexibility index (Phi) is 4.66. The van der Waals surface area contributed by atoms with Gasteiger partial charge in [0.2, 0.25) is 0 Å². The molecular formula is C16H22N2O2. The fourth-order valence-electron chi connectivity index (χ4n) is 2.03. The van der Waals surface area contributed by atoms with Crippen LogP contribution in [0.3, 0.4) is 0 Å². The largest absolute Gasteiger partial charge is 0.493 e. The number of rotatable bonds is 6. The van der Waals surface area contributed by atoms with Crippen molar-refractivity contribution in [1.29, 1.82) is 0 Å². The Morgan fingerprint density at radius 1 is 1.25 bits per heavy atom. The van der Waals surface area contributed by atoms with Gasteiger partial charge in [-0.05, 0) is 30.0 Å². The van der Waals surface area contributed by atoms with Crippen molar-refractivity contribution in [3.63, 3.8) is 0 Å². The summed E-state index contributed by atoms with van der Waals surface area (Å²) in [6.45, 7) is 7.08. The third kappa shape index (κ3) is 3.32. The van der Waals surface area contributed by atoms with E-state index in [1.807, 2.05) is 24.3 Å². The average molecular weight is 274 g/mol. The summed E-state index contributed by atoms with van der Waals surface area (Å²) < 4.78 is 11.0. The molecule has 20 heavy (non-hydrogen) atoms. The van der Waals surface area contributed by atoms with Gasteiger partial charge >= 0.3 is 0 Å². The van der Waals surface area contributed by atoms with E-state index in [4.69, 9.17) is 15.0 Å². The second kappa shape index (κ2) is 6.46. The molecule has 0 atom stereocenters. The number of hydrogen-bond donors (Lipinski definition) is 1. The van der Waals surface area contributed by atoms with E-state index in [1.54, 1.807) is 0 Å². The van der Waals surface area contributed by atoms with Crippen molar-refractivity contribution in [1.82, 2.24) is 5.16 Å². The molecule has 2 rings (SSSR count). The molecule has 0 aliphatic carbocycles. The smallest absolute Gasteiger partial charge is 0.175 e. The van der Waals surface area contributed by atoms with Crippen molar-refractivity contribution in [3.05, 3.63) is 30.0 Å². The molecule has 1 aromatic carbocycles. The zero-order valence-corrected chi connectivity index (χ0v) is 12.3. The van der Waals surface area contributed by atoms with Crippen LogP contribution >= 0.6 is 0 Å². The van der Waals surface area contributed by atoms with E-state index in [0.717, 1.165) is 42.1 Å². The van der Waals surface area contributed by atoms with Crippen LogP contribution in [0.15, 0.2) is 28.8 Å². The number of hydrogen-bond acceptors (Lipinski definition) is 4. The second-order valence-corrected chi connectivity index (χ2v) is 5.35. The molecule has 0 saturated heterocycles. The number of benzene rings is 1. The first-order valence-electron chi connectivity index (χ1n) is 7.09. The van der Waals surface area contributed by atoms with Crippen molar-refractivity contribution in [3.8, 4) is 16.9 Å². The van der Waals surface area contributed by atoms with Gasteiger partial charge in [0, 0.05) is 6.42 Å². The first-order chi connectivity index (χ1) is 9.61. The monoisotopic (exact) mass is 274 g/mol. The summed E-state index contributed by atoms with van der Waals surface area (Å²) in [5.41, 5.74) is 7.83. The minimum Gasteiger partial charge on any atom is -0.493 e. The van der Waals surface area contributed by atoms with Crippen molar-refractivity contribution in [2.75, 3.05) is 12.3 Å². The fourth-order valence-corrected chi connectivity index (χ4v) is 2.03. The quantitative estimate of drug-likeness (QED) is 0.867. The molecule has 0 unspecified atom stereocenters. The summed E-state index contributed by atoms with van der Waals surface area (Å²) in [5.74, 6) is 2.68. The van der Waals surface area contributed by atoms with Gasteiger partial charge in [0.15, 0.2) is 5.82 Å². The van der Waals surface area contributed by atoms with Gasteiger partial charge in [-0.15, -0.1) is 0 Å². The molecular weight excluding hydrogens is 252 g/mol. The summed E-state index contributed by atoms with van der Waals surface area (Å²) in [6, 6.07) is 7.91. The van der Waals surface area contributed by atoms with Gasteiger partial charge in [-0.3, -0.25) is 0 Å². The normalized spacial score (nSPS) is 11.0. The summed E-state index contributed by atoms with van der Waals surface area (Å²) >= 11 is 0. The van der Waals surface area contributed by atoms with Crippen LogP contribution in [0.5, 0.6) is 5.75 Å². The number of aryl methyl sites for hydroxylation is 1. The van der Waals surface area contributed by atoms with Gasteiger partial charge in [-0.2, -0.15) is 0 Å². The number of ether oxygens (including phenoxy) is 1. The second-order valence-electron chi connectivity index (χ2n) is 5.35. The number of anilines is 1. The molecule has 0 fully saturated rings. The lowest BCUT2D eigenvalue weighted by Gasteiger charge is -2.09. The standard InChI is InChI=1S/C16H22N2O2/c1-4-5-14-15(16(17)18-20-14)12-6-8-13(9-7-12)19-10-11(2)3/h6-9,11H,4-5,10H2,1-3H3,(H2,17,18). The van der Waals surface area contributed by atoms with Crippen LogP contribution in [0.1, 0.15) is 33.0 Å². The van der Waals surface area contributed by atoms with E-state index in [-0.39, 0.29) is 0 Å². The molecule has 0 aliphatic rings. The Labute approximate surface area is 119 Å². The molecule has 2 aromatic rings. The Hall–Kier alpha value is -1.97. The van der Waals surface area contributed by atoms with E-state index in [9.17, 15) is 0 Å². The number of nitrogen functional groups attached to an aromatic ring is 1. The van der Waals surface area contributed by atoms with Gasteiger partial charge in [-0.1, -0.05) is 38.1 Å². The summed E-state index contributed by atoms with van der Waals surface area (Å²) in [5, 5.41) is 3.87. The highest BCUT2D eigenvalue weighted by atomic mass is 16.5. The van der Waals surface area contributed by atoms with Crippen LogP contribution in [-0.2, 0) is 6.42 Å². The third-order valence-electron chi connectivity index (χ3n) is 2.99. The highest BCUT2D eigenvalue weighted by Crippen LogP contribution is 2.31. The van der Waals surface area contributed by atoms with E-state index in [2.05, 4.69) is 25.9 Å². The van der Waals surface area contributed by atoms with Crippen LogP contribution in [-0.4, -0.2) is 11.8 Å². The van der Waals surface area contributed by atoms with Gasteiger partial charge in [-0.25, -0.2) is 0 Å². The van der Waals surface area contributed by atoms with Crippen LogP contribution in [0.2, 0.25) is 0 Å². The van der Waals surface area contributed by atoms with Crippen LogP contribution < -0.4 is 10.5 Å². The predicted octanol–water partition coefficient (Wildman–Crippen LogP) is 3.91. The molecule has 2 N–H and O–H groups in total. The van der Waals surface area contributed by atoms with Gasteiger partial charge in [0.1, 0.15) is 11.5 Å². The molecule has 1 aromatic heterocycles. The maximum absolute atomic E-state index is 5.90. The molecule has 0 aliphatic heterocycles. The Morgan fingerprint density at radius 2 is 1.95 bits per heavy atom. The summed E-state index contributed by atoms with van der Waals surface area (Å²) in [6.07, 6.45) is 1.84. The molecule has 108 valence electrons. The third-order valence-corrected chi connectivity index (χ3v) is 2.99. The van der Waals surface area contributed by atoms with Gasteiger partial charge < -0.3 is 15.0 Å². The summed E-state index contributed by atoms with van der Waals surface area (Å²) in [7, 11) is 0. The zero-order valence-electron chi connectivity index (χ0n) is 12.3.